The van der Waals surface area contributed by atoms with Gasteiger partial charge in [-0.15, -0.1) is 0 Å². The molecule has 0 radical (unpaired) electrons. The molecule has 1 atom stereocenters. The van der Waals surface area contributed by atoms with Gasteiger partial charge >= 0.3 is 0 Å². The van der Waals surface area contributed by atoms with Crippen molar-refractivity contribution in [2.24, 2.45) is 5.92 Å². The predicted octanol–water partition coefficient (Wildman–Crippen LogP) is 0.300. The van der Waals surface area contributed by atoms with Gasteiger partial charge in [0.2, 0.25) is 5.91 Å². The van der Waals surface area contributed by atoms with E-state index in [0.717, 1.165) is 0 Å². The predicted molar refractivity (Wildman–Crippen MR) is 52.9 cm³/mol. The summed E-state index contributed by atoms with van der Waals surface area (Å²) in [7, 11) is 1.55. The van der Waals surface area contributed by atoms with Crippen molar-refractivity contribution in [1.82, 2.24) is 5.32 Å². The number of aliphatic hydroxyl groups is 1. The number of carbonyl (C=O) groups excluding carboxylic acids is 1. The van der Waals surface area contributed by atoms with Crippen LogP contribution >= 0.6 is 0 Å². The van der Waals surface area contributed by atoms with Crippen molar-refractivity contribution in [3.63, 3.8) is 0 Å². The first-order valence-electron chi connectivity index (χ1n) is 5.16. The lowest BCUT2D eigenvalue weighted by Gasteiger charge is -2.09. The van der Waals surface area contributed by atoms with E-state index in [9.17, 15) is 9.90 Å². The minimum Gasteiger partial charge on any atom is -0.391 e. The van der Waals surface area contributed by atoms with Gasteiger partial charge in [-0.25, -0.2) is 0 Å². The second kappa shape index (κ2) is 5.98. The Morgan fingerprint density at radius 2 is 2.36 bits per heavy atom. The fourth-order valence-electron chi connectivity index (χ4n) is 1.31. The van der Waals surface area contributed by atoms with Gasteiger partial charge in [-0.2, -0.15) is 0 Å². The Bertz CT molecular complexity index is 180. The largest absolute Gasteiger partial charge is 0.391 e. The Kier molecular flexibility index (Phi) is 4.90. The quantitative estimate of drug-likeness (QED) is 0.623. The molecule has 1 amide bonds. The van der Waals surface area contributed by atoms with Crippen LogP contribution in [0.15, 0.2) is 0 Å². The number of carbonyl (C=O) groups is 1. The lowest BCUT2D eigenvalue weighted by molar-refractivity contribution is -0.121. The van der Waals surface area contributed by atoms with E-state index in [-0.39, 0.29) is 5.91 Å². The molecule has 14 heavy (non-hydrogen) atoms. The van der Waals surface area contributed by atoms with Gasteiger partial charge in [0.25, 0.3) is 0 Å². The van der Waals surface area contributed by atoms with Crippen LogP contribution in [0.3, 0.4) is 0 Å². The van der Waals surface area contributed by atoms with Crippen molar-refractivity contribution in [2.45, 2.75) is 31.8 Å². The van der Waals surface area contributed by atoms with Crippen LogP contribution < -0.4 is 5.32 Å². The molecular weight excluding hydrogens is 182 g/mol. The van der Waals surface area contributed by atoms with Crippen LogP contribution in [0, 0.1) is 5.92 Å². The molecule has 82 valence electrons. The fraction of sp³-hybridized carbons (Fsp3) is 0.900. The molecule has 0 aromatic rings. The second-order valence-electron chi connectivity index (χ2n) is 3.90. The maximum atomic E-state index is 11.2. The average Bonchev–Trinajstić information content (AvgIpc) is 2.88. The Morgan fingerprint density at radius 3 is 2.93 bits per heavy atom. The maximum absolute atomic E-state index is 11.2. The number of amides is 1. The summed E-state index contributed by atoms with van der Waals surface area (Å²) in [6.45, 7) is 0.870. The van der Waals surface area contributed by atoms with Gasteiger partial charge in [0.1, 0.15) is 0 Å². The molecule has 4 nitrogen and oxygen atoms in total. The summed E-state index contributed by atoms with van der Waals surface area (Å²) in [6, 6.07) is 0. The number of methoxy groups -OCH3 is 1. The minimum atomic E-state index is -0.471. The maximum Gasteiger partial charge on any atom is 0.220 e. The third-order valence-electron chi connectivity index (χ3n) is 2.33. The molecule has 0 aromatic heterocycles. The monoisotopic (exact) mass is 201 g/mol. The highest BCUT2D eigenvalue weighted by Gasteiger charge is 2.23. The summed E-state index contributed by atoms with van der Waals surface area (Å²) in [5, 5.41) is 12.1. The van der Waals surface area contributed by atoms with Crippen molar-refractivity contribution in [3.05, 3.63) is 0 Å². The Labute approximate surface area is 84.6 Å². The van der Waals surface area contributed by atoms with Crippen LogP contribution in [0.25, 0.3) is 0 Å². The van der Waals surface area contributed by atoms with E-state index in [2.05, 4.69) is 5.32 Å². The number of ether oxygens (including phenoxy) is 1. The lowest BCUT2D eigenvalue weighted by Crippen LogP contribution is -2.28. The third kappa shape index (κ3) is 5.19. The van der Waals surface area contributed by atoms with E-state index in [1.807, 2.05) is 0 Å². The summed E-state index contributed by atoms with van der Waals surface area (Å²) in [5.74, 6) is 0.732. The van der Waals surface area contributed by atoms with Crippen molar-refractivity contribution >= 4 is 5.91 Å². The molecule has 1 saturated carbocycles. The van der Waals surface area contributed by atoms with Crippen LogP contribution in [0.5, 0.6) is 0 Å². The van der Waals surface area contributed by atoms with Crippen LogP contribution in [0.2, 0.25) is 0 Å². The van der Waals surface area contributed by atoms with E-state index in [0.29, 0.717) is 31.9 Å². The smallest absolute Gasteiger partial charge is 0.220 e. The Morgan fingerprint density at radius 1 is 1.64 bits per heavy atom. The molecule has 0 saturated heterocycles. The van der Waals surface area contributed by atoms with E-state index >= 15 is 0 Å². The fourth-order valence-corrected chi connectivity index (χ4v) is 1.31. The van der Waals surface area contributed by atoms with E-state index in [4.69, 9.17) is 4.74 Å². The second-order valence-corrected chi connectivity index (χ2v) is 3.90. The first kappa shape index (κ1) is 11.5. The van der Waals surface area contributed by atoms with Crippen molar-refractivity contribution < 1.29 is 14.6 Å². The number of aliphatic hydroxyl groups excluding tert-OH is 1. The number of rotatable bonds is 7. The lowest BCUT2D eigenvalue weighted by atomic mass is 10.2. The summed E-state index contributed by atoms with van der Waals surface area (Å²) < 4.78 is 4.77. The Hall–Kier alpha value is -0.610. The molecule has 0 aliphatic heterocycles. The number of hydrogen-bond acceptors (Lipinski definition) is 3. The van der Waals surface area contributed by atoms with E-state index < -0.39 is 6.10 Å². The summed E-state index contributed by atoms with van der Waals surface area (Å²) >= 11 is 0. The molecule has 0 aromatic carbocycles. The molecule has 0 bridgehead atoms. The van der Waals surface area contributed by atoms with Crippen LogP contribution in [-0.4, -0.2) is 37.4 Å². The van der Waals surface area contributed by atoms with Gasteiger partial charge in [-0.3, -0.25) is 4.79 Å². The van der Waals surface area contributed by atoms with Gasteiger partial charge in [0.15, 0.2) is 0 Å². The summed E-state index contributed by atoms with van der Waals surface area (Å²) in [5.41, 5.74) is 0. The normalized spacial score (nSPS) is 17.9. The summed E-state index contributed by atoms with van der Waals surface area (Å²) in [4.78, 5) is 11.2. The van der Waals surface area contributed by atoms with Crippen molar-refractivity contribution in [2.75, 3.05) is 20.3 Å². The highest BCUT2D eigenvalue weighted by atomic mass is 16.5. The van der Waals surface area contributed by atoms with Crippen LogP contribution in [0.1, 0.15) is 25.7 Å². The minimum absolute atomic E-state index is 0.108. The molecular formula is C10H19NO3. The highest BCUT2D eigenvalue weighted by Crippen LogP contribution is 2.31. The Balaban J connectivity index is 1.93. The van der Waals surface area contributed by atoms with Gasteiger partial charge in [0.05, 0.1) is 12.7 Å². The van der Waals surface area contributed by atoms with Crippen LogP contribution in [-0.2, 0) is 9.53 Å². The standard InChI is InChI=1S/C10H19NO3/c1-14-7-9(12)4-5-11-10(13)6-8-2-3-8/h8-9,12H,2-7H2,1H3,(H,11,13). The van der Waals surface area contributed by atoms with Crippen molar-refractivity contribution in [1.29, 1.82) is 0 Å². The molecule has 0 spiro atoms. The molecule has 1 rings (SSSR count). The first-order chi connectivity index (χ1) is 6.72. The van der Waals surface area contributed by atoms with Gasteiger partial charge in [-0.1, -0.05) is 0 Å². The SMILES string of the molecule is COCC(O)CCNC(=O)CC1CC1. The average molecular weight is 201 g/mol. The zero-order valence-electron chi connectivity index (χ0n) is 8.66. The molecule has 1 aliphatic carbocycles. The number of hydrogen-bond donors (Lipinski definition) is 2. The topological polar surface area (TPSA) is 58.6 Å². The van der Waals surface area contributed by atoms with Gasteiger partial charge in [0, 0.05) is 20.1 Å². The molecule has 1 fully saturated rings. The third-order valence-corrected chi connectivity index (χ3v) is 2.33. The number of nitrogens with one attached hydrogen (secondary N) is 1. The molecule has 0 heterocycles. The molecule has 2 N–H and O–H groups in total. The molecule has 4 heteroatoms. The molecule has 1 unspecified atom stereocenters. The van der Waals surface area contributed by atoms with E-state index in [1.54, 1.807) is 7.11 Å². The van der Waals surface area contributed by atoms with E-state index in [1.165, 1.54) is 12.8 Å². The first-order valence-corrected chi connectivity index (χ1v) is 5.16. The van der Waals surface area contributed by atoms with Gasteiger partial charge < -0.3 is 15.2 Å². The highest BCUT2D eigenvalue weighted by molar-refractivity contribution is 5.76. The zero-order chi connectivity index (χ0) is 10.4. The van der Waals surface area contributed by atoms with Crippen molar-refractivity contribution in [3.8, 4) is 0 Å². The van der Waals surface area contributed by atoms with Crippen LogP contribution in [0.4, 0.5) is 0 Å². The van der Waals surface area contributed by atoms with Gasteiger partial charge in [-0.05, 0) is 25.2 Å². The summed E-state index contributed by atoms with van der Waals surface area (Å²) in [6.07, 6.45) is 3.13. The zero-order valence-corrected chi connectivity index (χ0v) is 8.66. The molecule has 1 aliphatic rings.